The van der Waals surface area contributed by atoms with Gasteiger partial charge >= 0.3 is 12.0 Å². The number of aromatic nitrogens is 2. The predicted octanol–water partition coefficient (Wildman–Crippen LogP) is 0.125. The van der Waals surface area contributed by atoms with E-state index in [0.717, 1.165) is 0 Å². The molecule has 0 spiro atoms. The van der Waals surface area contributed by atoms with Gasteiger partial charge in [-0.2, -0.15) is 0 Å². The van der Waals surface area contributed by atoms with E-state index in [9.17, 15) is 9.59 Å². The lowest BCUT2D eigenvalue weighted by Crippen LogP contribution is -2.53. The molecule has 1 N–H and O–H groups in total. The molecular formula is C13H19N5O3. The van der Waals surface area contributed by atoms with Crippen molar-refractivity contribution in [2.45, 2.75) is 6.92 Å². The Morgan fingerprint density at radius 2 is 1.86 bits per heavy atom. The van der Waals surface area contributed by atoms with Gasteiger partial charge in [-0.25, -0.2) is 14.8 Å². The first-order valence-electron chi connectivity index (χ1n) is 6.89. The molecule has 1 aromatic rings. The van der Waals surface area contributed by atoms with Crippen LogP contribution in [-0.4, -0.2) is 76.1 Å². The summed E-state index contributed by atoms with van der Waals surface area (Å²) in [5, 5.41) is 8.82. The number of nitrogens with zero attached hydrogens (tertiary/aromatic N) is 5. The van der Waals surface area contributed by atoms with Crippen molar-refractivity contribution in [1.29, 1.82) is 0 Å². The van der Waals surface area contributed by atoms with Crippen LogP contribution in [0.3, 0.4) is 0 Å². The van der Waals surface area contributed by atoms with Crippen molar-refractivity contribution in [3.63, 3.8) is 0 Å². The number of carbonyl (C=O) groups excluding carboxylic acids is 1. The van der Waals surface area contributed by atoms with E-state index in [1.807, 2.05) is 4.90 Å². The Kier molecular flexibility index (Phi) is 4.91. The molecule has 0 unspecified atom stereocenters. The molecule has 0 aliphatic carbocycles. The molecule has 114 valence electrons. The average Bonchev–Trinajstić information content (AvgIpc) is 2.53. The number of likely N-dealkylation sites (N-methyl/N-ethyl adjacent to an activating group) is 1. The highest BCUT2D eigenvalue weighted by molar-refractivity contribution is 5.80. The van der Waals surface area contributed by atoms with Crippen LogP contribution >= 0.6 is 0 Å². The maximum atomic E-state index is 12.2. The molecular weight excluding hydrogens is 274 g/mol. The number of carboxylic acid groups (broad SMARTS) is 1. The molecule has 8 heteroatoms. The molecule has 0 radical (unpaired) electrons. The molecule has 2 heterocycles. The monoisotopic (exact) mass is 293 g/mol. The van der Waals surface area contributed by atoms with Crippen LogP contribution in [0, 0.1) is 0 Å². The molecule has 1 aromatic heterocycles. The van der Waals surface area contributed by atoms with Crippen molar-refractivity contribution in [3.8, 4) is 0 Å². The summed E-state index contributed by atoms with van der Waals surface area (Å²) in [6.45, 7) is 4.24. The number of urea groups is 1. The number of rotatable bonds is 4. The van der Waals surface area contributed by atoms with Crippen LogP contribution < -0.4 is 4.90 Å². The molecule has 1 fully saturated rings. The van der Waals surface area contributed by atoms with Gasteiger partial charge in [0.2, 0.25) is 5.95 Å². The maximum Gasteiger partial charge on any atom is 0.323 e. The molecule has 2 rings (SSSR count). The van der Waals surface area contributed by atoms with Gasteiger partial charge in [-0.3, -0.25) is 4.79 Å². The fraction of sp³-hybridized carbons (Fsp3) is 0.538. The van der Waals surface area contributed by atoms with E-state index in [0.29, 0.717) is 38.7 Å². The van der Waals surface area contributed by atoms with Crippen LogP contribution in [0.5, 0.6) is 0 Å². The predicted molar refractivity (Wildman–Crippen MR) is 76.1 cm³/mol. The molecule has 8 nitrogen and oxygen atoms in total. The minimum Gasteiger partial charge on any atom is -0.480 e. The van der Waals surface area contributed by atoms with Gasteiger partial charge in [-0.05, 0) is 13.0 Å². The minimum absolute atomic E-state index is 0.228. The first kappa shape index (κ1) is 15.0. The first-order chi connectivity index (χ1) is 10.1. The second-order valence-corrected chi connectivity index (χ2v) is 4.71. The van der Waals surface area contributed by atoms with E-state index in [4.69, 9.17) is 5.11 Å². The van der Waals surface area contributed by atoms with Crippen LogP contribution in [0.1, 0.15) is 6.92 Å². The topological polar surface area (TPSA) is 89.9 Å². The molecule has 1 aliphatic heterocycles. The molecule has 0 aromatic carbocycles. The zero-order valence-electron chi connectivity index (χ0n) is 12.0. The second kappa shape index (κ2) is 6.87. The fourth-order valence-corrected chi connectivity index (χ4v) is 2.23. The van der Waals surface area contributed by atoms with Crippen molar-refractivity contribution in [2.75, 3.05) is 44.2 Å². The number of carboxylic acids is 1. The minimum atomic E-state index is -0.999. The van der Waals surface area contributed by atoms with Gasteiger partial charge in [-0.15, -0.1) is 0 Å². The van der Waals surface area contributed by atoms with Gasteiger partial charge in [0.15, 0.2) is 0 Å². The lowest BCUT2D eigenvalue weighted by molar-refractivity contribution is -0.137. The Bertz CT molecular complexity index is 488. The molecule has 0 saturated carbocycles. The molecule has 21 heavy (non-hydrogen) atoms. The van der Waals surface area contributed by atoms with E-state index < -0.39 is 5.97 Å². The quantitative estimate of drug-likeness (QED) is 0.848. The van der Waals surface area contributed by atoms with Gasteiger partial charge in [-0.1, -0.05) is 0 Å². The van der Waals surface area contributed by atoms with Crippen molar-refractivity contribution in [2.24, 2.45) is 0 Å². The summed E-state index contributed by atoms with van der Waals surface area (Å²) in [6.07, 6.45) is 3.37. The van der Waals surface area contributed by atoms with Gasteiger partial charge < -0.3 is 19.8 Å². The SMILES string of the molecule is CCN(CC(=O)O)C(=O)N1CCN(c2ncccn2)CC1. The van der Waals surface area contributed by atoms with Crippen LogP contribution in [0.25, 0.3) is 0 Å². The number of anilines is 1. The Morgan fingerprint density at radius 1 is 1.24 bits per heavy atom. The van der Waals surface area contributed by atoms with Gasteiger partial charge in [0, 0.05) is 45.1 Å². The normalized spacial score (nSPS) is 14.9. The number of hydrogen-bond donors (Lipinski definition) is 1. The lowest BCUT2D eigenvalue weighted by Gasteiger charge is -2.36. The summed E-state index contributed by atoms with van der Waals surface area (Å²) in [4.78, 5) is 36.4. The summed E-state index contributed by atoms with van der Waals surface area (Å²) in [5.74, 6) is -0.344. The molecule has 0 atom stereocenters. The Hall–Kier alpha value is -2.38. The highest BCUT2D eigenvalue weighted by Gasteiger charge is 2.26. The number of carbonyl (C=O) groups is 2. The summed E-state index contributed by atoms with van der Waals surface area (Å²) in [6, 6.07) is 1.53. The largest absolute Gasteiger partial charge is 0.480 e. The Labute approximate surface area is 123 Å². The zero-order chi connectivity index (χ0) is 15.2. The fourth-order valence-electron chi connectivity index (χ4n) is 2.23. The van der Waals surface area contributed by atoms with E-state index in [1.165, 1.54) is 4.90 Å². The average molecular weight is 293 g/mol. The summed E-state index contributed by atoms with van der Waals surface area (Å²) in [7, 11) is 0. The van der Waals surface area contributed by atoms with E-state index in [-0.39, 0.29) is 12.6 Å². The number of amides is 2. The van der Waals surface area contributed by atoms with Gasteiger partial charge in [0.05, 0.1) is 0 Å². The molecule has 2 amide bonds. The van der Waals surface area contributed by atoms with Crippen molar-refractivity contribution >= 4 is 17.9 Å². The molecule has 1 saturated heterocycles. The first-order valence-corrected chi connectivity index (χ1v) is 6.89. The number of piperazine rings is 1. The van der Waals surface area contributed by atoms with E-state index in [1.54, 1.807) is 30.3 Å². The summed E-state index contributed by atoms with van der Waals surface area (Å²) in [5.41, 5.74) is 0. The lowest BCUT2D eigenvalue weighted by atomic mass is 10.3. The third-order valence-electron chi connectivity index (χ3n) is 3.36. The molecule has 1 aliphatic rings. The summed E-state index contributed by atoms with van der Waals surface area (Å²) < 4.78 is 0. The van der Waals surface area contributed by atoms with Crippen LogP contribution in [0.15, 0.2) is 18.5 Å². The molecule has 0 bridgehead atoms. The van der Waals surface area contributed by atoms with Crippen molar-refractivity contribution < 1.29 is 14.7 Å². The standard InChI is InChI=1S/C13H19N5O3/c1-2-16(10-11(19)20)13(21)18-8-6-17(7-9-18)12-14-4-3-5-15-12/h3-5H,2,6-10H2,1H3,(H,19,20). The number of hydrogen-bond acceptors (Lipinski definition) is 5. The summed E-state index contributed by atoms with van der Waals surface area (Å²) >= 11 is 0. The smallest absolute Gasteiger partial charge is 0.323 e. The third-order valence-corrected chi connectivity index (χ3v) is 3.36. The Morgan fingerprint density at radius 3 is 2.38 bits per heavy atom. The maximum absolute atomic E-state index is 12.2. The van der Waals surface area contributed by atoms with Gasteiger partial charge in [0.25, 0.3) is 0 Å². The highest BCUT2D eigenvalue weighted by Crippen LogP contribution is 2.11. The van der Waals surface area contributed by atoms with Crippen molar-refractivity contribution in [3.05, 3.63) is 18.5 Å². The van der Waals surface area contributed by atoms with E-state index in [2.05, 4.69) is 9.97 Å². The highest BCUT2D eigenvalue weighted by atomic mass is 16.4. The third kappa shape index (κ3) is 3.80. The van der Waals surface area contributed by atoms with Crippen LogP contribution in [-0.2, 0) is 4.79 Å². The number of aliphatic carboxylic acids is 1. The Balaban J connectivity index is 1.91. The van der Waals surface area contributed by atoms with Gasteiger partial charge in [0.1, 0.15) is 6.54 Å². The van der Waals surface area contributed by atoms with E-state index >= 15 is 0 Å². The second-order valence-electron chi connectivity index (χ2n) is 4.71. The van der Waals surface area contributed by atoms with Crippen LogP contribution in [0.2, 0.25) is 0 Å². The van der Waals surface area contributed by atoms with Crippen LogP contribution in [0.4, 0.5) is 10.7 Å². The van der Waals surface area contributed by atoms with Crippen molar-refractivity contribution in [1.82, 2.24) is 19.8 Å². The zero-order valence-corrected chi connectivity index (χ0v) is 12.0.